The minimum absolute atomic E-state index is 0.119. The van der Waals surface area contributed by atoms with E-state index in [-0.39, 0.29) is 11.8 Å². The second kappa shape index (κ2) is 5.80. The number of methoxy groups -OCH3 is 1. The summed E-state index contributed by atoms with van der Waals surface area (Å²) in [6, 6.07) is 5.99. The van der Waals surface area contributed by atoms with Gasteiger partial charge in [0.1, 0.15) is 0 Å². The molecule has 0 saturated carbocycles. The van der Waals surface area contributed by atoms with Crippen molar-refractivity contribution in [3.8, 4) is 0 Å². The number of Topliss-reactive ketones (excluding diaryl/α,β-unsaturated/α-hetero) is 1. The van der Waals surface area contributed by atoms with Gasteiger partial charge in [-0.05, 0) is 42.9 Å². The highest BCUT2D eigenvalue weighted by molar-refractivity contribution is 5.96. The number of esters is 1. The predicted molar refractivity (Wildman–Crippen MR) is 68.7 cm³/mol. The Morgan fingerprint density at radius 1 is 1.17 bits per heavy atom. The van der Waals surface area contributed by atoms with Crippen molar-refractivity contribution in [1.29, 1.82) is 0 Å². The van der Waals surface area contributed by atoms with Crippen molar-refractivity contribution in [2.75, 3.05) is 7.11 Å². The lowest BCUT2D eigenvalue weighted by Crippen LogP contribution is -2.04. The molecule has 2 rings (SSSR count). The Morgan fingerprint density at radius 3 is 2.72 bits per heavy atom. The van der Waals surface area contributed by atoms with E-state index in [1.807, 2.05) is 12.1 Å². The van der Waals surface area contributed by atoms with Crippen LogP contribution in [0.1, 0.15) is 47.2 Å². The first kappa shape index (κ1) is 12.8. The fraction of sp³-hybridized carbons (Fsp3) is 0.467. The number of carbonyl (C=O) groups excluding carboxylic acids is 2. The molecule has 3 nitrogen and oxygen atoms in total. The monoisotopic (exact) mass is 246 g/mol. The average molecular weight is 246 g/mol. The van der Waals surface area contributed by atoms with Gasteiger partial charge in [-0.15, -0.1) is 0 Å². The van der Waals surface area contributed by atoms with Crippen molar-refractivity contribution < 1.29 is 14.3 Å². The van der Waals surface area contributed by atoms with Crippen molar-refractivity contribution >= 4 is 11.8 Å². The fourth-order valence-corrected chi connectivity index (χ4v) is 2.38. The number of hydrogen-bond acceptors (Lipinski definition) is 3. The largest absolute Gasteiger partial charge is 0.469 e. The standard InChI is InChI=1S/C15H18O3/c1-18-15(17)7-3-6-14(16)13-9-8-11-4-2-5-12(11)10-13/h8-10H,2-7H2,1H3. The highest BCUT2D eigenvalue weighted by Crippen LogP contribution is 2.23. The number of benzene rings is 1. The average Bonchev–Trinajstić information content (AvgIpc) is 2.85. The molecule has 0 saturated heterocycles. The number of carbonyl (C=O) groups is 2. The molecule has 0 N–H and O–H groups in total. The van der Waals surface area contributed by atoms with Gasteiger partial charge in [0.25, 0.3) is 0 Å². The molecule has 0 amide bonds. The van der Waals surface area contributed by atoms with Crippen molar-refractivity contribution in [2.24, 2.45) is 0 Å². The topological polar surface area (TPSA) is 43.4 Å². The van der Waals surface area contributed by atoms with E-state index >= 15 is 0 Å². The van der Waals surface area contributed by atoms with Gasteiger partial charge in [0, 0.05) is 18.4 Å². The summed E-state index contributed by atoms with van der Waals surface area (Å²) in [7, 11) is 1.37. The normalized spacial score (nSPS) is 13.2. The van der Waals surface area contributed by atoms with E-state index in [2.05, 4.69) is 10.8 Å². The molecule has 0 aliphatic heterocycles. The number of rotatable bonds is 5. The zero-order chi connectivity index (χ0) is 13.0. The molecule has 0 radical (unpaired) electrons. The molecule has 0 bridgehead atoms. The van der Waals surface area contributed by atoms with Gasteiger partial charge in [-0.3, -0.25) is 9.59 Å². The highest BCUT2D eigenvalue weighted by atomic mass is 16.5. The molecule has 1 aliphatic rings. The highest BCUT2D eigenvalue weighted by Gasteiger charge is 2.14. The smallest absolute Gasteiger partial charge is 0.305 e. The van der Waals surface area contributed by atoms with E-state index in [1.54, 1.807) is 0 Å². The number of ether oxygens (including phenoxy) is 1. The molecule has 18 heavy (non-hydrogen) atoms. The molecule has 0 unspecified atom stereocenters. The third-order valence-electron chi connectivity index (χ3n) is 3.43. The molecule has 1 aliphatic carbocycles. The van der Waals surface area contributed by atoms with Crippen LogP contribution in [0.15, 0.2) is 18.2 Å². The molecular weight excluding hydrogens is 228 g/mol. The summed E-state index contributed by atoms with van der Waals surface area (Å²) in [4.78, 5) is 22.9. The van der Waals surface area contributed by atoms with Gasteiger partial charge in [0.15, 0.2) is 5.78 Å². The lowest BCUT2D eigenvalue weighted by atomic mass is 10.0. The fourth-order valence-electron chi connectivity index (χ4n) is 2.38. The summed E-state index contributed by atoms with van der Waals surface area (Å²) in [6.45, 7) is 0. The first-order valence-corrected chi connectivity index (χ1v) is 6.42. The van der Waals surface area contributed by atoms with Gasteiger partial charge in [-0.25, -0.2) is 0 Å². The van der Waals surface area contributed by atoms with E-state index in [9.17, 15) is 9.59 Å². The zero-order valence-electron chi connectivity index (χ0n) is 10.7. The summed E-state index contributed by atoms with van der Waals surface area (Å²) >= 11 is 0. The number of fused-ring (bicyclic) bond motifs is 1. The van der Waals surface area contributed by atoms with Gasteiger partial charge >= 0.3 is 5.97 Å². The summed E-state index contributed by atoms with van der Waals surface area (Å²) in [5.74, 6) is -0.134. The van der Waals surface area contributed by atoms with Crippen molar-refractivity contribution in [2.45, 2.75) is 38.5 Å². The first-order chi connectivity index (χ1) is 8.70. The lowest BCUT2D eigenvalue weighted by Gasteiger charge is -2.04. The molecule has 0 spiro atoms. The Labute approximate surface area is 107 Å². The third-order valence-corrected chi connectivity index (χ3v) is 3.43. The molecule has 0 fully saturated rings. The van der Waals surface area contributed by atoms with Crippen LogP contribution in [0.4, 0.5) is 0 Å². The van der Waals surface area contributed by atoms with Crippen LogP contribution in [0.3, 0.4) is 0 Å². The van der Waals surface area contributed by atoms with Crippen LogP contribution in [0.5, 0.6) is 0 Å². The van der Waals surface area contributed by atoms with E-state index in [1.165, 1.54) is 24.7 Å². The molecule has 0 heterocycles. The van der Waals surface area contributed by atoms with Crippen molar-refractivity contribution in [1.82, 2.24) is 0 Å². The molecule has 3 heteroatoms. The zero-order valence-corrected chi connectivity index (χ0v) is 10.7. The molecule has 0 atom stereocenters. The maximum Gasteiger partial charge on any atom is 0.305 e. The van der Waals surface area contributed by atoms with Crippen LogP contribution in [0.2, 0.25) is 0 Å². The maximum absolute atomic E-state index is 12.0. The van der Waals surface area contributed by atoms with E-state index in [0.717, 1.165) is 18.4 Å². The van der Waals surface area contributed by atoms with Gasteiger partial charge in [-0.1, -0.05) is 12.1 Å². The van der Waals surface area contributed by atoms with Crippen LogP contribution in [-0.4, -0.2) is 18.9 Å². The van der Waals surface area contributed by atoms with Gasteiger partial charge in [-0.2, -0.15) is 0 Å². The Bertz CT molecular complexity index is 463. The molecule has 96 valence electrons. The SMILES string of the molecule is COC(=O)CCCC(=O)c1ccc2c(c1)CCC2. The van der Waals surface area contributed by atoms with Gasteiger partial charge in [0.05, 0.1) is 7.11 Å². The van der Waals surface area contributed by atoms with E-state index < -0.39 is 0 Å². The van der Waals surface area contributed by atoms with Crippen LogP contribution in [-0.2, 0) is 22.4 Å². The van der Waals surface area contributed by atoms with E-state index in [4.69, 9.17) is 0 Å². The first-order valence-electron chi connectivity index (χ1n) is 6.42. The molecule has 0 aromatic heterocycles. The minimum Gasteiger partial charge on any atom is -0.469 e. The minimum atomic E-state index is -0.253. The predicted octanol–water partition coefficient (Wildman–Crippen LogP) is 2.70. The molecular formula is C15H18O3. The second-order valence-electron chi connectivity index (χ2n) is 4.69. The summed E-state index contributed by atoms with van der Waals surface area (Å²) in [5, 5.41) is 0. The Balaban J connectivity index is 1.91. The van der Waals surface area contributed by atoms with Crippen molar-refractivity contribution in [3.63, 3.8) is 0 Å². The Hall–Kier alpha value is -1.64. The second-order valence-corrected chi connectivity index (χ2v) is 4.69. The van der Waals surface area contributed by atoms with Crippen LogP contribution in [0.25, 0.3) is 0 Å². The van der Waals surface area contributed by atoms with Crippen molar-refractivity contribution in [3.05, 3.63) is 34.9 Å². The molecule has 1 aromatic carbocycles. The Morgan fingerprint density at radius 2 is 1.94 bits per heavy atom. The Kier molecular flexibility index (Phi) is 4.13. The summed E-state index contributed by atoms with van der Waals surface area (Å²) in [6.07, 6.45) is 4.68. The van der Waals surface area contributed by atoms with Crippen LogP contribution >= 0.6 is 0 Å². The number of hydrogen-bond donors (Lipinski definition) is 0. The number of ketones is 1. The third kappa shape index (κ3) is 2.97. The summed E-state index contributed by atoms with van der Waals surface area (Å²) < 4.78 is 4.55. The quantitative estimate of drug-likeness (QED) is 0.592. The molecule has 1 aromatic rings. The summed E-state index contributed by atoms with van der Waals surface area (Å²) in [5.41, 5.74) is 3.47. The van der Waals surface area contributed by atoms with Gasteiger partial charge < -0.3 is 4.74 Å². The number of aryl methyl sites for hydroxylation is 2. The van der Waals surface area contributed by atoms with Gasteiger partial charge in [0.2, 0.25) is 0 Å². The van der Waals surface area contributed by atoms with Crippen LogP contribution in [0, 0.1) is 0 Å². The van der Waals surface area contributed by atoms with Crippen LogP contribution < -0.4 is 0 Å². The van der Waals surface area contributed by atoms with E-state index in [0.29, 0.717) is 19.3 Å². The lowest BCUT2D eigenvalue weighted by molar-refractivity contribution is -0.140. The maximum atomic E-state index is 12.0.